The van der Waals surface area contributed by atoms with Gasteiger partial charge in [0.05, 0.1) is 6.07 Å². The van der Waals surface area contributed by atoms with Crippen LogP contribution >= 0.6 is 0 Å². The van der Waals surface area contributed by atoms with E-state index in [1.807, 2.05) is 12.1 Å². The average molecular weight is 399 g/mol. The van der Waals surface area contributed by atoms with Gasteiger partial charge in [0.2, 0.25) is 0 Å². The Hall–Kier alpha value is -2.88. The van der Waals surface area contributed by atoms with Crippen molar-refractivity contribution in [3.05, 3.63) is 35.4 Å². The number of amides is 2. The first-order valence-corrected chi connectivity index (χ1v) is 9.87. The van der Waals surface area contributed by atoms with Gasteiger partial charge in [0.15, 0.2) is 6.61 Å². The van der Waals surface area contributed by atoms with Crippen LogP contribution in [-0.4, -0.2) is 36.0 Å². The summed E-state index contributed by atoms with van der Waals surface area (Å²) >= 11 is 0. The minimum atomic E-state index is -0.908. The van der Waals surface area contributed by atoms with Crippen molar-refractivity contribution in [1.82, 2.24) is 10.6 Å². The third-order valence-electron chi connectivity index (χ3n) is 5.11. The molecule has 1 aliphatic rings. The van der Waals surface area contributed by atoms with E-state index in [2.05, 4.69) is 37.5 Å². The predicted molar refractivity (Wildman–Crippen MR) is 108 cm³/mol. The van der Waals surface area contributed by atoms with Crippen molar-refractivity contribution in [3.63, 3.8) is 0 Å². The van der Waals surface area contributed by atoms with E-state index in [4.69, 9.17) is 4.74 Å². The van der Waals surface area contributed by atoms with Gasteiger partial charge in [0.1, 0.15) is 11.6 Å². The molecular formula is C22H29N3O4. The van der Waals surface area contributed by atoms with Crippen molar-refractivity contribution in [2.24, 2.45) is 0 Å². The van der Waals surface area contributed by atoms with Crippen LogP contribution in [0, 0.1) is 11.3 Å². The Morgan fingerprint density at radius 3 is 2.28 bits per heavy atom. The molecule has 0 bridgehead atoms. The Morgan fingerprint density at radius 1 is 1.17 bits per heavy atom. The summed E-state index contributed by atoms with van der Waals surface area (Å²) in [5.41, 5.74) is 0.662. The number of hydrogen-bond acceptors (Lipinski definition) is 5. The number of carbonyl (C=O) groups excluding carboxylic acids is 3. The number of rotatable bonds is 6. The molecule has 0 saturated heterocycles. The number of hydrogen-bond donors (Lipinski definition) is 2. The normalized spacial score (nSPS) is 16.4. The summed E-state index contributed by atoms with van der Waals surface area (Å²) in [6.07, 6.45) is 2.97. The molecule has 1 aliphatic carbocycles. The lowest BCUT2D eigenvalue weighted by Gasteiger charge is -2.22. The molecular weight excluding hydrogens is 370 g/mol. The zero-order valence-electron chi connectivity index (χ0n) is 17.5. The second-order valence-corrected chi connectivity index (χ2v) is 8.58. The van der Waals surface area contributed by atoms with Crippen molar-refractivity contribution < 1.29 is 19.1 Å². The summed E-state index contributed by atoms with van der Waals surface area (Å²) in [6, 6.07) is 8.43. The second kappa shape index (κ2) is 9.08. The summed E-state index contributed by atoms with van der Waals surface area (Å²) < 4.78 is 4.99. The van der Waals surface area contributed by atoms with Crippen molar-refractivity contribution in [3.8, 4) is 6.07 Å². The van der Waals surface area contributed by atoms with E-state index >= 15 is 0 Å². The predicted octanol–water partition coefficient (Wildman–Crippen LogP) is 2.60. The van der Waals surface area contributed by atoms with Crippen LogP contribution in [0.15, 0.2) is 24.3 Å². The minimum absolute atomic E-state index is 0.0186. The number of ether oxygens (including phenoxy) is 1. The molecule has 2 rings (SSSR count). The molecule has 1 saturated carbocycles. The topological polar surface area (TPSA) is 108 Å². The van der Waals surface area contributed by atoms with Crippen LogP contribution in [0.3, 0.4) is 0 Å². The lowest BCUT2D eigenvalue weighted by molar-refractivity contribution is -0.150. The SMILES string of the molecule is C[C@H](NC(=O)c1ccc(C(C)(C)C)cc1)C(=O)OCC(=O)NC1(C#N)CCCC1. The first-order valence-electron chi connectivity index (χ1n) is 9.87. The highest BCUT2D eigenvalue weighted by Crippen LogP contribution is 2.28. The molecule has 0 radical (unpaired) electrons. The fourth-order valence-corrected chi connectivity index (χ4v) is 3.27. The maximum atomic E-state index is 12.3. The molecule has 0 aliphatic heterocycles. The van der Waals surface area contributed by atoms with Gasteiger partial charge in [0.25, 0.3) is 11.8 Å². The van der Waals surface area contributed by atoms with Gasteiger partial charge in [0, 0.05) is 5.56 Å². The highest BCUT2D eigenvalue weighted by Gasteiger charge is 2.35. The van der Waals surface area contributed by atoms with E-state index in [0.717, 1.165) is 18.4 Å². The lowest BCUT2D eigenvalue weighted by atomic mass is 9.86. The van der Waals surface area contributed by atoms with E-state index in [1.165, 1.54) is 6.92 Å². The molecule has 2 N–H and O–H groups in total. The molecule has 2 amide bonds. The van der Waals surface area contributed by atoms with Crippen LogP contribution in [0.1, 0.15) is 69.3 Å². The molecule has 1 aromatic carbocycles. The monoisotopic (exact) mass is 399 g/mol. The first kappa shape index (κ1) is 22.4. The molecule has 0 aromatic heterocycles. The average Bonchev–Trinajstić information content (AvgIpc) is 3.14. The quantitative estimate of drug-likeness (QED) is 0.715. The Labute approximate surface area is 171 Å². The van der Waals surface area contributed by atoms with Gasteiger partial charge in [-0.1, -0.05) is 32.9 Å². The van der Waals surface area contributed by atoms with Crippen molar-refractivity contribution >= 4 is 17.8 Å². The third-order valence-corrected chi connectivity index (χ3v) is 5.11. The molecule has 7 heteroatoms. The number of nitriles is 1. The standard InChI is InChI=1S/C22H29N3O4/c1-15(24-19(27)16-7-9-17(10-8-16)21(2,3)4)20(28)29-13-18(26)25-22(14-23)11-5-6-12-22/h7-10,15H,5-6,11-13H2,1-4H3,(H,24,27)(H,25,26)/t15-/m0/s1. The van der Waals surface area contributed by atoms with Gasteiger partial charge in [-0.3, -0.25) is 9.59 Å². The van der Waals surface area contributed by atoms with Crippen LogP contribution < -0.4 is 10.6 Å². The van der Waals surface area contributed by atoms with E-state index in [-0.39, 0.29) is 5.41 Å². The molecule has 1 atom stereocenters. The zero-order valence-corrected chi connectivity index (χ0v) is 17.5. The van der Waals surface area contributed by atoms with Crippen molar-refractivity contribution in [1.29, 1.82) is 5.26 Å². The molecule has 7 nitrogen and oxygen atoms in total. The largest absolute Gasteiger partial charge is 0.454 e. The number of esters is 1. The van der Waals surface area contributed by atoms with Crippen LogP contribution in [0.5, 0.6) is 0 Å². The van der Waals surface area contributed by atoms with Crippen LogP contribution in [0.25, 0.3) is 0 Å². The summed E-state index contributed by atoms with van der Waals surface area (Å²) in [5.74, 6) is -1.62. The Bertz CT molecular complexity index is 797. The Kier molecular flexibility index (Phi) is 7.02. The molecule has 0 heterocycles. The molecule has 0 unspecified atom stereocenters. The van der Waals surface area contributed by atoms with E-state index < -0.39 is 36.0 Å². The van der Waals surface area contributed by atoms with Gasteiger partial charge in [-0.2, -0.15) is 5.26 Å². The van der Waals surface area contributed by atoms with Crippen LogP contribution in [0.4, 0.5) is 0 Å². The van der Waals surface area contributed by atoms with Gasteiger partial charge >= 0.3 is 5.97 Å². The van der Waals surface area contributed by atoms with E-state index in [9.17, 15) is 19.6 Å². The number of nitrogens with zero attached hydrogens (tertiary/aromatic N) is 1. The number of nitrogens with one attached hydrogen (secondary N) is 2. The third kappa shape index (κ3) is 6.05. The van der Waals surface area contributed by atoms with E-state index in [1.54, 1.807) is 12.1 Å². The number of carbonyl (C=O) groups is 3. The minimum Gasteiger partial charge on any atom is -0.454 e. The molecule has 0 spiro atoms. The molecule has 1 fully saturated rings. The van der Waals surface area contributed by atoms with E-state index in [0.29, 0.717) is 18.4 Å². The molecule has 29 heavy (non-hydrogen) atoms. The Morgan fingerprint density at radius 2 is 1.76 bits per heavy atom. The van der Waals surface area contributed by atoms with Gasteiger partial charge in [-0.15, -0.1) is 0 Å². The zero-order chi connectivity index (χ0) is 21.7. The van der Waals surface area contributed by atoms with Gasteiger partial charge < -0.3 is 15.4 Å². The molecule has 156 valence electrons. The summed E-state index contributed by atoms with van der Waals surface area (Å²) in [4.78, 5) is 36.5. The summed E-state index contributed by atoms with van der Waals surface area (Å²) in [6.45, 7) is 7.27. The Balaban J connectivity index is 1.83. The van der Waals surface area contributed by atoms with Gasteiger partial charge in [-0.05, 0) is 55.7 Å². The highest BCUT2D eigenvalue weighted by atomic mass is 16.5. The first-order chi connectivity index (χ1) is 13.6. The lowest BCUT2D eigenvalue weighted by Crippen LogP contribution is -2.47. The smallest absolute Gasteiger partial charge is 0.328 e. The van der Waals surface area contributed by atoms with Crippen LogP contribution in [-0.2, 0) is 19.7 Å². The van der Waals surface area contributed by atoms with Gasteiger partial charge in [-0.25, -0.2) is 4.79 Å². The fourth-order valence-electron chi connectivity index (χ4n) is 3.27. The molecule has 1 aromatic rings. The van der Waals surface area contributed by atoms with Crippen LogP contribution in [0.2, 0.25) is 0 Å². The fraction of sp³-hybridized carbons (Fsp3) is 0.545. The second-order valence-electron chi connectivity index (χ2n) is 8.58. The maximum absolute atomic E-state index is 12.3. The maximum Gasteiger partial charge on any atom is 0.328 e. The summed E-state index contributed by atoms with van der Waals surface area (Å²) in [7, 11) is 0. The highest BCUT2D eigenvalue weighted by molar-refractivity contribution is 5.96. The van der Waals surface area contributed by atoms with Crippen molar-refractivity contribution in [2.75, 3.05) is 6.61 Å². The van der Waals surface area contributed by atoms with Crippen molar-refractivity contribution in [2.45, 2.75) is 70.4 Å². The summed E-state index contributed by atoms with van der Waals surface area (Å²) in [5, 5.41) is 14.5. The number of benzene rings is 1.